The second kappa shape index (κ2) is 11.0. The summed E-state index contributed by atoms with van der Waals surface area (Å²) in [6.07, 6.45) is 0. The molecule has 0 saturated carbocycles. The number of benzene rings is 2. The van der Waals surface area contributed by atoms with Crippen LogP contribution in [0.25, 0.3) is 10.9 Å². The number of amides is 1. The molecule has 1 atom stereocenters. The van der Waals surface area contributed by atoms with Crippen molar-refractivity contribution in [3.05, 3.63) is 74.9 Å². The predicted octanol–water partition coefficient (Wildman–Crippen LogP) is 2.39. The maximum absolute atomic E-state index is 12.9. The van der Waals surface area contributed by atoms with Crippen molar-refractivity contribution >= 4 is 16.8 Å². The minimum atomic E-state index is -0.482. The number of likely N-dealkylation sites (N-methyl/N-ethyl adjacent to an activating group) is 1. The Hall–Kier alpha value is -3.39. The average molecular weight is 453 g/mol. The molecule has 1 unspecified atom stereocenters. The van der Waals surface area contributed by atoms with Gasteiger partial charge in [0.05, 0.1) is 24.1 Å². The Morgan fingerprint density at radius 1 is 1.03 bits per heavy atom. The fourth-order valence-electron chi connectivity index (χ4n) is 4.18. The van der Waals surface area contributed by atoms with Gasteiger partial charge in [-0.25, -0.2) is 4.79 Å². The van der Waals surface area contributed by atoms with Gasteiger partial charge in [0.25, 0.3) is 5.56 Å². The van der Waals surface area contributed by atoms with Crippen molar-refractivity contribution < 1.29 is 9.53 Å². The second-order valence-electron chi connectivity index (χ2n) is 7.75. The molecule has 3 aromatic rings. The number of aromatic nitrogens is 2. The van der Waals surface area contributed by atoms with E-state index in [4.69, 9.17) is 4.74 Å². The van der Waals surface area contributed by atoms with Gasteiger partial charge in [0.15, 0.2) is 0 Å². The summed E-state index contributed by atoms with van der Waals surface area (Å²) in [5.41, 5.74) is 0.680. The van der Waals surface area contributed by atoms with Gasteiger partial charge in [0, 0.05) is 13.1 Å². The number of hydrogen-bond donors (Lipinski definition) is 1. The van der Waals surface area contributed by atoms with Crippen molar-refractivity contribution in [1.29, 1.82) is 0 Å². The lowest BCUT2D eigenvalue weighted by atomic mass is 10.0. The Kier molecular flexibility index (Phi) is 8.06. The summed E-state index contributed by atoms with van der Waals surface area (Å²) in [4.78, 5) is 40.7. The molecule has 2 aromatic carbocycles. The van der Waals surface area contributed by atoms with Crippen LogP contribution in [0.5, 0.6) is 5.75 Å². The molecule has 0 aliphatic rings. The molecule has 1 N–H and O–H groups in total. The molecule has 1 heterocycles. The molecular formula is C25H32N4O4. The van der Waals surface area contributed by atoms with E-state index < -0.39 is 5.69 Å². The highest BCUT2D eigenvalue weighted by Gasteiger charge is 2.20. The first-order valence-electron chi connectivity index (χ1n) is 11.3. The molecule has 8 nitrogen and oxygen atoms in total. The third kappa shape index (κ3) is 5.17. The molecule has 1 amide bonds. The number of para-hydroxylation sites is 1. The molecule has 0 aliphatic heterocycles. The molecule has 0 spiro atoms. The van der Waals surface area contributed by atoms with E-state index in [-0.39, 0.29) is 30.6 Å². The fraction of sp³-hybridized carbons (Fsp3) is 0.400. The van der Waals surface area contributed by atoms with Gasteiger partial charge in [-0.2, -0.15) is 0 Å². The van der Waals surface area contributed by atoms with Crippen LogP contribution in [-0.4, -0.2) is 46.7 Å². The first-order chi connectivity index (χ1) is 15.9. The summed E-state index contributed by atoms with van der Waals surface area (Å²) in [5.74, 6) is 0.472. The van der Waals surface area contributed by atoms with Crippen LogP contribution < -0.4 is 21.3 Å². The molecule has 0 bridgehead atoms. The monoisotopic (exact) mass is 452 g/mol. The minimum absolute atomic E-state index is 0.0443. The summed E-state index contributed by atoms with van der Waals surface area (Å²) < 4.78 is 7.90. The van der Waals surface area contributed by atoms with E-state index in [1.54, 1.807) is 38.3 Å². The van der Waals surface area contributed by atoms with E-state index in [0.717, 1.165) is 29.0 Å². The van der Waals surface area contributed by atoms with Crippen molar-refractivity contribution in [3.63, 3.8) is 0 Å². The van der Waals surface area contributed by atoms with E-state index in [9.17, 15) is 14.4 Å². The lowest BCUT2D eigenvalue weighted by Crippen LogP contribution is -2.43. The van der Waals surface area contributed by atoms with E-state index >= 15 is 0 Å². The van der Waals surface area contributed by atoms with E-state index in [1.807, 2.05) is 24.3 Å². The highest BCUT2D eigenvalue weighted by atomic mass is 16.5. The zero-order valence-electron chi connectivity index (χ0n) is 19.7. The smallest absolute Gasteiger partial charge is 0.331 e. The van der Waals surface area contributed by atoms with E-state index in [2.05, 4.69) is 24.1 Å². The molecule has 0 aliphatic carbocycles. The number of carbonyl (C=O) groups is 1. The van der Waals surface area contributed by atoms with Gasteiger partial charge in [0.1, 0.15) is 12.3 Å². The van der Waals surface area contributed by atoms with Crippen molar-refractivity contribution in [2.24, 2.45) is 0 Å². The third-order valence-electron chi connectivity index (χ3n) is 5.97. The Morgan fingerprint density at radius 2 is 1.76 bits per heavy atom. The Labute approximate surface area is 193 Å². The molecule has 0 fully saturated rings. The number of hydrogen-bond acceptors (Lipinski definition) is 5. The number of nitrogens with zero attached hydrogens (tertiary/aromatic N) is 3. The number of rotatable bonds is 10. The standard InChI is InChI=1S/C25H32N4O4/c1-5-27(6-2)22(18-11-10-12-19(15-18)33-4)16-26-23(30)17-29-21-14-9-8-13-20(21)24(31)28(7-3)25(29)32/h8-15,22H,5-7,16-17H2,1-4H3,(H,26,30). The van der Waals surface area contributed by atoms with Crippen molar-refractivity contribution in [3.8, 4) is 5.75 Å². The molecule has 176 valence electrons. The van der Waals surface area contributed by atoms with Crippen molar-refractivity contribution in [1.82, 2.24) is 19.4 Å². The Balaban J connectivity index is 1.87. The second-order valence-corrected chi connectivity index (χ2v) is 7.75. The summed E-state index contributed by atoms with van der Waals surface area (Å²) in [6, 6.07) is 14.7. The van der Waals surface area contributed by atoms with Gasteiger partial charge in [-0.05, 0) is 49.8 Å². The van der Waals surface area contributed by atoms with Crippen LogP contribution in [0.4, 0.5) is 0 Å². The first-order valence-corrected chi connectivity index (χ1v) is 11.3. The van der Waals surface area contributed by atoms with Crippen LogP contribution in [0.2, 0.25) is 0 Å². The molecular weight excluding hydrogens is 420 g/mol. The van der Waals surface area contributed by atoms with E-state index in [0.29, 0.717) is 17.4 Å². The Bertz CT molecular complexity index is 1230. The molecule has 33 heavy (non-hydrogen) atoms. The van der Waals surface area contributed by atoms with Gasteiger partial charge < -0.3 is 10.1 Å². The average Bonchev–Trinajstić information content (AvgIpc) is 2.84. The molecule has 8 heteroatoms. The van der Waals surface area contributed by atoms with Crippen LogP contribution in [-0.2, 0) is 17.9 Å². The third-order valence-corrected chi connectivity index (χ3v) is 5.97. The SMILES string of the molecule is CCN(CC)C(CNC(=O)Cn1c(=O)n(CC)c(=O)c2ccccc21)c1cccc(OC)c1. The lowest BCUT2D eigenvalue weighted by molar-refractivity contribution is -0.121. The van der Waals surface area contributed by atoms with Crippen molar-refractivity contribution in [2.75, 3.05) is 26.7 Å². The summed E-state index contributed by atoms with van der Waals surface area (Å²) in [7, 11) is 1.63. The highest BCUT2D eigenvalue weighted by molar-refractivity contribution is 5.81. The topological polar surface area (TPSA) is 85.6 Å². The number of ether oxygens (including phenoxy) is 1. The highest BCUT2D eigenvalue weighted by Crippen LogP contribution is 2.23. The van der Waals surface area contributed by atoms with Crippen molar-refractivity contribution in [2.45, 2.75) is 39.9 Å². The number of nitrogens with one attached hydrogen (secondary N) is 1. The summed E-state index contributed by atoms with van der Waals surface area (Å²) in [6.45, 7) is 8.00. The zero-order chi connectivity index (χ0) is 24.0. The number of methoxy groups -OCH3 is 1. The van der Waals surface area contributed by atoms with Gasteiger partial charge >= 0.3 is 5.69 Å². The first kappa shape index (κ1) is 24.3. The largest absolute Gasteiger partial charge is 0.497 e. The van der Waals surface area contributed by atoms with Crippen LogP contribution >= 0.6 is 0 Å². The normalized spacial score (nSPS) is 12.2. The van der Waals surface area contributed by atoms with Gasteiger partial charge in [-0.1, -0.05) is 38.1 Å². The quantitative estimate of drug-likeness (QED) is 0.511. The maximum Gasteiger partial charge on any atom is 0.331 e. The molecule has 0 saturated heterocycles. The maximum atomic E-state index is 12.9. The predicted molar refractivity (Wildman–Crippen MR) is 130 cm³/mol. The van der Waals surface area contributed by atoms with Gasteiger partial charge in [0.2, 0.25) is 5.91 Å². The summed E-state index contributed by atoms with van der Waals surface area (Å²) in [5, 5.41) is 3.41. The fourth-order valence-corrected chi connectivity index (χ4v) is 4.18. The lowest BCUT2D eigenvalue weighted by Gasteiger charge is -2.30. The molecule has 3 rings (SSSR count). The zero-order valence-corrected chi connectivity index (χ0v) is 19.7. The van der Waals surface area contributed by atoms with E-state index in [1.165, 1.54) is 4.57 Å². The van der Waals surface area contributed by atoms with Crippen LogP contribution in [0.3, 0.4) is 0 Å². The molecule has 1 aromatic heterocycles. The molecule has 0 radical (unpaired) electrons. The van der Waals surface area contributed by atoms with Gasteiger partial charge in [-0.3, -0.25) is 23.6 Å². The number of carbonyl (C=O) groups excluding carboxylic acids is 1. The van der Waals surface area contributed by atoms with Gasteiger partial charge in [-0.15, -0.1) is 0 Å². The van der Waals surface area contributed by atoms with Crippen LogP contribution in [0, 0.1) is 0 Å². The van der Waals surface area contributed by atoms with Crippen LogP contribution in [0.1, 0.15) is 32.4 Å². The number of fused-ring (bicyclic) bond motifs is 1. The van der Waals surface area contributed by atoms with Crippen LogP contribution in [0.15, 0.2) is 58.1 Å². The Morgan fingerprint density at radius 3 is 2.42 bits per heavy atom. The minimum Gasteiger partial charge on any atom is -0.497 e. The summed E-state index contributed by atoms with van der Waals surface area (Å²) >= 11 is 0.